The molecule has 1 aromatic carbocycles. The Bertz CT molecular complexity index is 633. The van der Waals surface area contributed by atoms with Crippen LogP contribution in [0.2, 0.25) is 0 Å². The molecule has 1 saturated heterocycles. The Balaban J connectivity index is 2.37. The monoisotopic (exact) mass is 267 g/mol. The van der Waals surface area contributed by atoms with Crippen LogP contribution in [0.25, 0.3) is 0 Å². The molecule has 1 amide bonds. The highest BCUT2D eigenvalue weighted by molar-refractivity contribution is 7.87. The Kier molecular flexibility index (Phi) is 3.09. The molecule has 18 heavy (non-hydrogen) atoms. The van der Waals surface area contributed by atoms with Crippen molar-refractivity contribution in [2.45, 2.75) is 11.7 Å². The van der Waals surface area contributed by atoms with E-state index in [-0.39, 0.29) is 13.0 Å². The number of carbonyl (C=O) groups excluding carboxylic acids is 1. The van der Waals surface area contributed by atoms with Crippen molar-refractivity contribution in [1.29, 1.82) is 0 Å². The van der Waals surface area contributed by atoms with E-state index in [4.69, 9.17) is 6.42 Å². The molecule has 0 saturated carbocycles. The summed E-state index contributed by atoms with van der Waals surface area (Å²) in [5, 5.41) is -1.31. The largest absolute Gasteiger partial charge is 0.310 e. The van der Waals surface area contributed by atoms with Crippen molar-refractivity contribution in [2.75, 3.05) is 11.4 Å². The van der Waals surface area contributed by atoms with Crippen LogP contribution < -0.4 is 4.90 Å². The fraction of sp³-hybridized carbons (Fsp3) is 0.250. The number of halogens is 1. The zero-order valence-corrected chi connectivity index (χ0v) is 10.2. The van der Waals surface area contributed by atoms with E-state index < -0.39 is 21.4 Å². The molecule has 1 aromatic rings. The third-order valence-electron chi connectivity index (χ3n) is 2.84. The lowest BCUT2D eigenvalue weighted by Gasteiger charge is -2.17. The van der Waals surface area contributed by atoms with Crippen LogP contribution in [-0.2, 0) is 15.0 Å². The molecule has 1 fully saturated rings. The van der Waals surface area contributed by atoms with Crippen molar-refractivity contribution in [3.63, 3.8) is 0 Å². The van der Waals surface area contributed by atoms with Crippen LogP contribution in [0.5, 0.6) is 0 Å². The number of anilines is 1. The van der Waals surface area contributed by atoms with E-state index in [0.717, 1.165) is 0 Å². The smallest absolute Gasteiger partial charge is 0.307 e. The van der Waals surface area contributed by atoms with E-state index in [1.165, 1.54) is 4.90 Å². The van der Waals surface area contributed by atoms with Gasteiger partial charge in [0.25, 0.3) is 0 Å². The number of para-hydroxylation sites is 1. The number of nitrogens with zero attached hydrogens (tertiary/aromatic N) is 1. The molecule has 1 aliphatic heterocycles. The van der Waals surface area contributed by atoms with Crippen LogP contribution in [0.1, 0.15) is 12.0 Å². The lowest BCUT2D eigenvalue weighted by Crippen LogP contribution is -2.27. The average molecular weight is 267 g/mol. The molecule has 0 spiro atoms. The second-order valence-corrected chi connectivity index (χ2v) is 5.59. The van der Waals surface area contributed by atoms with Crippen LogP contribution in [0.15, 0.2) is 24.3 Å². The zero-order valence-electron chi connectivity index (χ0n) is 9.34. The summed E-state index contributed by atoms with van der Waals surface area (Å²) in [6, 6.07) is 6.64. The number of hydrogen-bond acceptors (Lipinski definition) is 3. The third-order valence-corrected chi connectivity index (χ3v) is 3.95. The fourth-order valence-electron chi connectivity index (χ4n) is 1.93. The van der Waals surface area contributed by atoms with E-state index >= 15 is 0 Å². The van der Waals surface area contributed by atoms with Gasteiger partial charge in [0.2, 0.25) is 5.91 Å². The molecule has 0 aliphatic carbocycles. The Morgan fingerprint density at radius 2 is 2.06 bits per heavy atom. The number of benzene rings is 1. The maximum atomic E-state index is 12.9. The van der Waals surface area contributed by atoms with Gasteiger partial charge < -0.3 is 4.90 Å². The molecule has 94 valence electrons. The molecule has 0 radical (unpaired) electrons. The summed E-state index contributed by atoms with van der Waals surface area (Å²) in [4.78, 5) is 12.9. The normalized spacial score (nSPS) is 19.9. The molecule has 0 bridgehead atoms. The molecule has 4 nitrogen and oxygen atoms in total. The Hall–Kier alpha value is -1.87. The molecular weight excluding hydrogens is 257 g/mol. The van der Waals surface area contributed by atoms with Gasteiger partial charge in [-0.1, -0.05) is 18.1 Å². The average Bonchev–Trinajstić information content (AvgIpc) is 2.71. The maximum absolute atomic E-state index is 12.9. The van der Waals surface area contributed by atoms with Crippen molar-refractivity contribution in [3.05, 3.63) is 29.8 Å². The van der Waals surface area contributed by atoms with Crippen LogP contribution in [0, 0.1) is 12.3 Å². The summed E-state index contributed by atoms with van der Waals surface area (Å²) >= 11 is 0. The Morgan fingerprint density at radius 1 is 1.39 bits per heavy atom. The van der Waals surface area contributed by atoms with Gasteiger partial charge in [0.05, 0.1) is 5.69 Å². The quantitative estimate of drug-likeness (QED) is 0.595. The first-order valence-electron chi connectivity index (χ1n) is 5.23. The zero-order chi connectivity index (χ0) is 13.3. The molecule has 1 heterocycles. The van der Waals surface area contributed by atoms with Crippen molar-refractivity contribution in [1.82, 2.24) is 0 Å². The number of hydrogen-bond donors (Lipinski definition) is 0. The first kappa shape index (κ1) is 12.6. The van der Waals surface area contributed by atoms with Gasteiger partial charge in [-0.25, -0.2) is 0 Å². The molecule has 2 rings (SSSR count). The van der Waals surface area contributed by atoms with Gasteiger partial charge in [-0.2, -0.15) is 8.42 Å². The molecule has 1 aliphatic rings. The summed E-state index contributed by atoms with van der Waals surface area (Å²) in [6.45, 7) is -0.198. The SMILES string of the molecule is C#Cc1ccccc1N1CC(S(=O)(=O)F)CC1=O. The molecular formula is C12H10FNO3S. The minimum Gasteiger partial charge on any atom is -0.310 e. The summed E-state index contributed by atoms with van der Waals surface area (Å²) < 4.78 is 34.5. The highest BCUT2D eigenvalue weighted by atomic mass is 32.3. The van der Waals surface area contributed by atoms with E-state index in [1.54, 1.807) is 24.3 Å². The number of rotatable bonds is 2. The van der Waals surface area contributed by atoms with E-state index in [0.29, 0.717) is 11.3 Å². The van der Waals surface area contributed by atoms with Gasteiger partial charge >= 0.3 is 10.2 Å². The second-order valence-electron chi connectivity index (χ2n) is 3.97. The predicted molar refractivity (Wildman–Crippen MR) is 65.2 cm³/mol. The second kappa shape index (κ2) is 4.42. The maximum Gasteiger partial charge on any atom is 0.307 e. The summed E-state index contributed by atoms with van der Waals surface area (Å²) in [5.41, 5.74) is 0.916. The van der Waals surface area contributed by atoms with Gasteiger partial charge in [-0.15, -0.1) is 10.3 Å². The molecule has 0 aromatic heterocycles. The first-order chi connectivity index (χ1) is 8.43. The predicted octanol–water partition coefficient (Wildman–Crippen LogP) is 1.07. The third kappa shape index (κ3) is 2.22. The van der Waals surface area contributed by atoms with Crippen LogP contribution in [0.4, 0.5) is 9.57 Å². The topological polar surface area (TPSA) is 54.5 Å². The number of carbonyl (C=O) groups is 1. The molecule has 1 atom stereocenters. The Morgan fingerprint density at radius 3 is 2.61 bits per heavy atom. The summed E-state index contributed by atoms with van der Waals surface area (Å²) in [6.07, 6.45) is 4.95. The van der Waals surface area contributed by atoms with Gasteiger partial charge in [-0.05, 0) is 12.1 Å². The van der Waals surface area contributed by atoms with Crippen LogP contribution >= 0.6 is 0 Å². The van der Waals surface area contributed by atoms with E-state index in [1.807, 2.05) is 0 Å². The van der Waals surface area contributed by atoms with Crippen LogP contribution in [-0.4, -0.2) is 26.1 Å². The van der Waals surface area contributed by atoms with Crippen molar-refractivity contribution >= 4 is 21.8 Å². The highest BCUT2D eigenvalue weighted by Gasteiger charge is 2.39. The lowest BCUT2D eigenvalue weighted by molar-refractivity contribution is -0.117. The van der Waals surface area contributed by atoms with E-state index in [9.17, 15) is 17.1 Å². The van der Waals surface area contributed by atoms with E-state index in [2.05, 4.69) is 5.92 Å². The standard InChI is InChI=1S/C12H10FNO3S/c1-2-9-5-3-4-6-11(9)14-8-10(7-12(14)15)18(13,16)17/h1,3-6,10H,7-8H2. The minimum absolute atomic E-state index is 0.198. The minimum atomic E-state index is -4.71. The Labute approximate surface area is 105 Å². The number of amides is 1. The fourth-order valence-corrected chi connectivity index (χ4v) is 2.60. The first-order valence-corrected chi connectivity index (χ1v) is 6.67. The highest BCUT2D eigenvalue weighted by Crippen LogP contribution is 2.28. The molecule has 6 heteroatoms. The van der Waals surface area contributed by atoms with Gasteiger partial charge in [0.1, 0.15) is 5.25 Å². The summed E-state index contributed by atoms with van der Waals surface area (Å²) in [7, 11) is -4.71. The molecule has 1 unspecified atom stereocenters. The van der Waals surface area contributed by atoms with Crippen LogP contribution in [0.3, 0.4) is 0 Å². The van der Waals surface area contributed by atoms with Crippen molar-refractivity contribution in [2.24, 2.45) is 0 Å². The van der Waals surface area contributed by atoms with Gasteiger partial charge in [0, 0.05) is 18.5 Å². The van der Waals surface area contributed by atoms with Gasteiger partial charge in [-0.3, -0.25) is 4.79 Å². The van der Waals surface area contributed by atoms with Crippen molar-refractivity contribution < 1.29 is 17.1 Å². The van der Waals surface area contributed by atoms with Gasteiger partial charge in [0.15, 0.2) is 0 Å². The molecule has 0 N–H and O–H groups in total. The lowest BCUT2D eigenvalue weighted by atomic mass is 10.1. The summed E-state index contributed by atoms with van der Waals surface area (Å²) in [5.74, 6) is 1.97. The number of terminal acetylenes is 1. The van der Waals surface area contributed by atoms with Crippen molar-refractivity contribution in [3.8, 4) is 12.3 Å².